The highest BCUT2D eigenvalue weighted by Gasteiger charge is 2.12. The molecular formula is C17H17N3O. The fraction of sp³-hybridized carbons (Fsp3) is 0.176. The molecule has 0 unspecified atom stereocenters. The third-order valence-electron chi connectivity index (χ3n) is 3.06. The van der Waals surface area contributed by atoms with Crippen molar-refractivity contribution >= 4 is 0 Å². The Balaban J connectivity index is 2.09. The Morgan fingerprint density at radius 2 is 1.86 bits per heavy atom. The number of benzene rings is 1. The molecule has 3 aromatic rings. The molecule has 21 heavy (non-hydrogen) atoms. The molecule has 0 aliphatic carbocycles. The van der Waals surface area contributed by atoms with E-state index < -0.39 is 0 Å². The second kappa shape index (κ2) is 5.79. The SMILES string of the molecule is CC(C)Oc1ccncc1-n1ccnc1-c1ccccc1. The normalized spacial score (nSPS) is 10.8. The molecule has 4 heteroatoms. The minimum Gasteiger partial charge on any atom is -0.489 e. The maximum absolute atomic E-state index is 5.87. The van der Waals surface area contributed by atoms with Gasteiger partial charge in [0.15, 0.2) is 0 Å². The van der Waals surface area contributed by atoms with Gasteiger partial charge in [-0.3, -0.25) is 9.55 Å². The molecule has 0 radical (unpaired) electrons. The van der Waals surface area contributed by atoms with Gasteiger partial charge in [-0.1, -0.05) is 30.3 Å². The molecule has 0 aliphatic rings. The van der Waals surface area contributed by atoms with E-state index in [1.807, 2.05) is 61.0 Å². The molecule has 0 N–H and O–H groups in total. The molecule has 2 aromatic heterocycles. The van der Waals surface area contributed by atoms with Crippen molar-refractivity contribution in [3.8, 4) is 22.8 Å². The summed E-state index contributed by atoms with van der Waals surface area (Å²) in [6, 6.07) is 12.0. The Morgan fingerprint density at radius 3 is 2.62 bits per heavy atom. The van der Waals surface area contributed by atoms with Gasteiger partial charge in [0.1, 0.15) is 17.3 Å². The lowest BCUT2D eigenvalue weighted by molar-refractivity contribution is 0.241. The van der Waals surface area contributed by atoms with E-state index in [0.717, 1.165) is 22.8 Å². The van der Waals surface area contributed by atoms with Crippen LogP contribution in [0.1, 0.15) is 13.8 Å². The predicted molar refractivity (Wildman–Crippen MR) is 82.6 cm³/mol. The standard InChI is InChI=1S/C17H17N3O/c1-13(2)21-16-8-9-18-12-15(16)20-11-10-19-17(20)14-6-4-3-5-7-14/h3-13H,1-2H3. The maximum atomic E-state index is 5.87. The minimum atomic E-state index is 0.106. The molecule has 0 amide bonds. The lowest BCUT2D eigenvalue weighted by atomic mass is 10.2. The summed E-state index contributed by atoms with van der Waals surface area (Å²) in [6.07, 6.45) is 7.35. The van der Waals surface area contributed by atoms with Gasteiger partial charge in [0, 0.05) is 30.2 Å². The van der Waals surface area contributed by atoms with E-state index >= 15 is 0 Å². The molecule has 2 heterocycles. The van der Waals surface area contributed by atoms with E-state index in [-0.39, 0.29) is 6.10 Å². The van der Waals surface area contributed by atoms with Crippen LogP contribution < -0.4 is 4.74 Å². The smallest absolute Gasteiger partial charge is 0.146 e. The van der Waals surface area contributed by atoms with Crippen molar-refractivity contribution in [3.63, 3.8) is 0 Å². The molecule has 0 saturated carbocycles. The zero-order valence-electron chi connectivity index (χ0n) is 12.1. The van der Waals surface area contributed by atoms with Crippen molar-refractivity contribution in [2.75, 3.05) is 0 Å². The zero-order chi connectivity index (χ0) is 14.7. The molecule has 0 spiro atoms. The average molecular weight is 279 g/mol. The molecule has 4 nitrogen and oxygen atoms in total. The van der Waals surface area contributed by atoms with Gasteiger partial charge in [0.2, 0.25) is 0 Å². The van der Waals surface area contributed by atoms with Crippen LogP contribution in [0.5, 0.6) is 5.75 Å². The van der Waals surface area contributed by atoms with Crippen molar-refractivity contribution < 1.29 is 4.74 Å². The summed E-state index contributed by atoms with van der Waals surface area (Å²) in [7, 11) is 0. The summed E-state index contributed by atoms with van der Waals surface area (Å²) < 4.78 is 7.87. The summed E-state index contributed by atoms with van der Waals surface area (Å²) in [5.41, 5.74) is 1.95. The van der Waals surface area contributed by atoms with Crippen LogP contribution in [-0.4, -0.2) is 20.6 Å². The van der Waals surface area contributed by atoms with Crippen molar-refractivity contribution in [3.05, 3.63) is 61.2 Å². The molecule has 3 rings (SSSR count). The summed E-state index contributed by atoms with van der Waals surface area (Å²) in [4.78, 5) is 8.68. The largest absolute Gasteiger partial charge is 0.489 e. The van der Waals surface area contributed by atoms with Gasteiger partial charge in [0.25, 0.3) is 0 Å². The van der Waals surface area contributed by atoms with Crippen LogP contribution in [0.3, 0.4) is 0 Å². The topological polar surface area (TPSA) is 39.9 Å². The van der Waals surface area contributed by atoms with Crippen molar-refractivity contribution in [2.24, 2.45) is 0 Å². The number of hydrogen-bond acceptors (Lipinski definition) is 3. The fourth-order valence-corrected chi connectivity index (χ4v) is 2.21. The van der Waals surface area contributed by atoms with Gasteiger partial charge >= 0.3 is 0 Å². The van der Waals surface area contributed by atoms with Crippen molar-refractivity contribution in [1.29, 1.82) is 0 Å². The molecule has 0 bridgehead atoms. The summed E-state index contributed by atoms with van der Waals surface area (Å²) in [5.74, 6) is 1.67. The first-order chi connectivity index (χ1) is 10.3. The van der Waals surface area contributed by atoms with E-state index in [0.29, 0.717) is 0 Å². The Bertz CT molecular complexity index is 720. The summed E-state index contributed by atoms with van der Waals surface area (Å²) >= 11 is 0. The van der Waals surface area contributed by atoms with Crippen LogP contribution in [0, 0.1) is 0 Å². The molecule has 0 fully saturated rings. The van der Waals surface area contributed by atoms with Crippen LogP contribution in [-0.2, 0) is 0 Å². The Kier molecular flexibility index (Phi) is 3.69. The van der Waals surface area contributed by atoms with Crippen LogP contribution >= 0.6 is 0 Å². The van der Waals surface area contributed by atoms with Crippen molar-refractivity contribution in [1.82, 2.24) is 14.5 Å². The Hall–Kier alpha value is -2.62. The number of hydrogen-bond donors (Lipinski definition) is 0. The number of rotatable bonds is 4. The van der Waals surface area contributed by atoms with Gasteiger partial charge in [-0.25, -0.2) is 4.98 Å². The fourth-order valence-electron chi connectivity index (χ4n) is 2.21. The lowest BCUT2D eigenvalue weighted by Crippen LogP contribution is -2.09. The molecule has 0 atom stereocenters. The predicted octanol–water partition coefficient (Wildman–Crippen LogP) is 3.72. The molecule has 0 saturated heterocycles. The molecule has 1 aromatic carbocycles. The van der Waals surface area contributed by atoms with E-state index in [2.05, 4.69) is 9.97 Å². The van der Waals surface area contributed by atoms with Crippen LogP contribution in [0.2, 0.25) is 0 Å². The van der Waals surface area contributed by atoms with E-state index in [4.69, 9.17) is 4.74 Å². The Morgan fingerprint density at radius 1 is 1.05 bits per heavy atom. The van der Waals surface area contributed by atoms with Gasteiger partial charge in [-0.2, -0.15) is 0 Å². The highest BCUT2D eigenvalue weighted by molar-refractivity contribution is 5.60. The third kappa shape index (κ3) is 2.79. The first kappa shape index (κ1) is 13.4. The second-order valence-electron chi connectivity index (χ2n) is 5.00. The van der Waals surface area contributed by atoms with Crippen LogP contribution in [0.25, 0.3) is 17.1 Å². The van der Waals surface area contributed by atoms with Crippen LogP contribution in [0.4, 0.5) is 0 Å². The number of imidazole rings is 1. The van der Waals surface area contributed by atoms with Crippen molar-refractivity contribution in [2.45, 2.75) is 20.0 Å². The number of nitrogens with zero attached hydrogens (tertiary/aromatic N) is 3. The summed E-state index contributed by atoms with van der Waals surface area (Å²) in [5, 5.41) is 0. The third-order valence-corrected chi connectivity index (χ3v) is 3.06. The van der Waals surface area contributed by atoms with Gasteiger partial charge in [-0.05, 0) is 13.8 Å². The van der Waals surface area contributed by atoms with Gasteiger partial charge in [0.05, 0.1) is 12.3 Å². The molecule has 0 aliphatic heterocycles. The minimum absolute atomic E-state index is 0.106. The number of ether oxygens (including phenoxy) is 1. The molecular weight excluding hydrogens is 262 g/mol. The van der Waals surface area contributed by atoms with Gasteiger partial charge in [-0.15, -0.1) is 0 Å². The second-order valence-corrected chi connectivity index (χ2v) is 5.00. The van der Waals surface area contributed by atoms with E-state index in [9.17, 15) is 0 Å². The Labute approximate surface area is 124 Å². The number of aromatic nitrogens is 3. The van der Waals surface area contributed by atoms with E-state index in [1.54, 1.807) is 18.6 Å². The molecule has 106 valence electrons. The van der Waals surface area contributed by atoms with Gasteiger partial charge < -0.3 is 4.74 Å². The highest BCUT2D eigenvalue weighted by Crippen LogP contribution is 2.27. The average Bonchev–Trinajstić information content (AvgIpc) is 2.97. The first-order valence-corrected chi connectivity index (χ1v) is 6.95. The van der Waals surface area contributed by atoms with Crippen LogP contribution in [0.15, 0.2) is 61.2 Å². The zero-order valence-corrected chi connectivity index (χ0v) is 12.1. The monoisotopic (exact) mass is 279 g/mol. The quantitative estimate of drug-likeness (QED) is 0.730. The maximum Gasteiger partial charge on any atom is 0.146 e. The van der Waals surface area contributed by atoms with E-state index in [1.165, 1.54) is 0 Å². The first-order valence-electron chi connectivity index (χ1n) is 6.95. The summed E-state index contributed by atoms with van der Waals surface area (Å²) in [6.45, 7) is 4.02. The lowest BCUT2D eigenvalue weighted by Gasteiger charge is -2.15. The number of pyridine rings is 1. The highest BCUT2D eigenvalue weighted by atomic mass is 16.5.